The van der Waals surface area contributed by atoms with Gasteiger partial charge in [-0.25, -0.2) is 0 Å². The van der Waals surface area contributed by atoms with Crippen molar-refractivity contribution in [3.63, 3.8) is 0 Å². The van der Waals surface area contributed by atoms with Crippen molar-refractivity contribution in [2.45, 2.75) is 19.0 Å². The monoisotopic (exact) mass is 276 g/mol. The Balaban J connectivity index is 2.23. The zero-order valence-electron chi connectivity index (χ0n) is 9.06. The fraction of sp³-hybridized carbons (Fsp3) is 0.300. The first-order chi connectivity index (χ1) is 8.39. The standard InChI is InChI=1S/C10H7F3N2O2S/c1-5(7(16)10(11,12)13)9-14-8(15-17-9)6-3-2-4-18-6/h2-5H,1H3. The lowest BCUT2D eigenvalue weighted by Crippen LogP contribution is -2.27. The number of Topliss-reactive ketones (excluding diaryl/α,β-unsaturated/α-hetero) is 1. The molecule has 1 unspecified atom stereocenters. The van der Waals surface area contributed by atoms with Crippen LogP contribution in [0.1, 0.15) is 18.7 Å². The highest BCUT2D eigenvalue weighted by Gasteiger charge is 2.44. The molecule has 2 rings (SSSR count). The number of hydrogen-bond acceptors (Lipinski definition) is 5. The number of carbonyl (C=O) groups is 1. The average Bonchev–Trinajstić information content (AvgIpc) is 2.95. The minimum Gasteiger partial charge on any atom is -0.338 e. The van der Waals surface area contributed by atoms with Crippen molar-refractivity contribution in [1.82, 2.24) is 10.1 Å². The quantitative estimate of drug-likeness (QED) is 0.864. The Morgan fingerprint density at radius 2 is 2.22 bits per heavy atom. The predicted molar refractivity (Wildman–Crippen MR) is 57.1 cm³/mol. The van der Waals surface area contributed by atoms with Crippen LogP contribution in [-0.2, 0) is 4.79 Å². The first-order valence-corrected chi connectivity index (χ1v) is 5.76. The lowest BCUT2D eigenvalue weighted by Gasteiger charge is -2.07. The minimum absolute atomic E-state index is 0.182. The minimum atomic E-state index is -4.91. The van der Waals surface area contributed by atoms with Crippen molar-refractivity contribution >= 4 is 17.1 Å². The summed E-state index contributed by atoms with van der Waals surface area (Å²) >= 11 is 1.32. The molecular formula is C10H7F3N2O2S. The maximum atomic E-state index is 12.2. The zero-order valence-corrected chi connectivity index (χ0v) is 9.88. The van der Waals surface area contributed by atoms with Crippen LogP contribution in [0.15, 0.2) is 22.0 Å². The number of hydrogen-bond donors (Lipinski definition) is 0. The molecule has 18 heavy (non-hydrogen) atoms. The number of alkyl halides is 3. The highest BCUT2D eigenvalue weighted by atomic mass is 32.1. The lowest BCUT2D eigenvalue weighted by atomic mass is 10.1. The van der Waals surface area contributed by atoms with E-state index in [1.165, 1.54) is 11.3 Å². The van der Waals surface area contributed by atoms with E-state index in [1.54, 1.807) is 17.5 Å². The van der Waals surface area contributed by atoms with Crippen LogP contribution >= 0.6 is 11.3 Å². The molecule has 0 bridgehead atoms. The van der Waals surface area contributed by atoms with E-state index in [0.717, 1.165) is 6.92 Å². The van der Waals surface area contributed by atoms with Gasteiger partial charge in [0.05, 0.1) is 4.88 Å². The average molecular weight is 276 g/mol. The Bertz CT molecular complexity index is 548. The number of nitrogens with zero attached hydrogens (tertiary/aromatic N) is 2. The van der Waals surface area contributed by atoms with Gasteiger partial charge in [0, 0.05) is 0 Å². The number of carbonyl (C=O) groups excluding carboxylic acids is 1. The van der Waals surface area contributed by atoms with E-state index in [4.69, 9.17) is 4.52 Å². The van der Waals surface area contributed by atoms with Crippen LogP contribution in [0.3, 0.4) is 0 Å². The van der Waals surface area contributed by atoms with Gasteiger partial charge >= 0.3 is 6.18 Å². The molecule has 0 aliphatic heterocycles. The normalized spacial score (nSPS) is 13.6. The Morgan fingerprint density at radius 1 is 1.50 bits per heavy atom. The molecule has 4 nitrogen and oxygen atoms in total. The molecule has 0 spiro atoms. The maximum absolute atomic E-state index is 12.2. The van der Waals surface area contributed by atoms with Gasteiger partial charge in [-0.3, -0.25) is 4.79 Å². The second kappa shape index (κ2) is 4.52. The number of ketones is 1. The molecule has 0 aromatic carbocycles. The second-order valence-corrected chi connectivity index (χ2v) is 4.46. The number of thiophene rings is 1. The molecule has 0 aliphatic rings. The van der Waals surface area contributed by atoms with E-state index in [9.17, 15) is 18.0 Å². The molecule has 0 saturated carbocycles. The van der Waals surface area contributed by atoms with Gasteiger partial charge in [0.25, 0.3) is 0 Å². The third-order valence-corrected chi connectivity index (χ3v) is 3.09. The van der Waals surface area contributed by atoms with Gasteiger partial charge in [-0.1, -0.05) is 11.2 Å². The van der Waals surface area contributed by atoms with E-state index in [-0.39, 0.29) is 11.7 Å². The number of rotatable bonds is 3. The van der Waals surface area contributed by atoms with Gasteiger partial charge in [0.15, 0.2) is 0 Å². The Morgan fingerprint density at radius 3 is 2.78 bits per heavy atom. The Labute approximate surface area is 103 Å². The summed E-state index contributed by atoms with van der Waals surface area (Å²) in [6, 6.07) is 3.45. The summed E-state index contributed by atoms with van der Waals surface area (Å²) in [5.74, 6) is -3.54. The predicted octanol–water partition coefficient (Wildman–Crippen LogP) is 3.03. The summed E-state index contributed by atoms with van der Waals surface area (Å²) in [5.41, 5.74) is 0. The van der Waals surface area contributed by atoms with E-state index in [1.807, 2.05) is 0 Å². The van der Waals surface area contributed by atoms with Crippen molar-refractivity contribution in [1.29, 1.82) is 0 Å². The summed E-state index contributed by atoms with van der Waals surface area (Å²) in [4.78, 5) is 15.5. The topological polar surface area (TPSA) is 56.0 Å². The fourth-order valence-electron chi connectivity index (χ4n) is 1.27. The van der Waals surface area contributed by atoms with Gasteiger partial charge in [0.2, 0.25) is 17.5 Å². The van der Waals surface area contributed by atoms with Crippen molar-refractivity contribution in [3.8, 4) is 10.7 Å². The third kappa shape index (κ3) is 2.42. The van der Waals surface area contributed by atoms with Crippen molar-refractivity contribution < 1.29 is 22.5 Å². The van der Waals surface area contributed by atoms with Crippen LogP contribution in [0, 0.1) is 0 Å². The highest BCUT2D eigenvalue weighted by Crippen LogP contribution is 2.28. The van der Waals surface area contributed by atoms with Gasteiger partial charge < -0.3 is 4.52 Å². The van der Waals surface area contributed by atoms with Gasteiger partial charge in [-0.2, -0.15) is 18.2 Å². The third-order valence-electron chi connectivity index (χ3n) is 2.23. The fourth-order valence-corrected chi connectivity index (χ4v) is 1.92. The molecule has 96 valence electrons. The smallest absolute Gasteiger partial charge is 0.338 e. The Kier molecular flexibility index (Phi) is 3.20. The maximum Gasteiger partial charge on any atom is 0.450 e. The summed E-state index contributed by atoms with van der Waals surface area (Å²) in [5, 5.41) is 5.32. The van der Waals surface area contributed by atoms with Crippen LogP contribution in [0.2, 0.25) is 0 Å². The summed E-state index contributed by atoms with van der Waals surface area (Å²) in [6.07, 6.45) is -4.91. The molecule has 0 aliphatic carbocycles. The highest BCUT2D eigenvalue weighted by molar-refractivity contribution is 7.13. The molecular weight excluding hydrogens is 269 g/mol. The van der Waals surface area contributed by atoms with E-state index in [2.05, 4.69) is 10.1 Å². The molecule has 0 radical (unpaired) electrons. The number of aromatic nitrogens is 2. The molecule has 8 heteroatoms. The van der Waals surface area contributed by atoms with Crippen LogP contribution in [0.5, 0.6) is 0 Å². The van der Waals surface area contributed by atoms with Gasteiger partial charge in [-0.05, 0) is 18.4 Å². The SMILES string of the molecule is CC(C(=O)C(F)(F)F)c1nc(-c2cccs2)no1. The molecule has 0 N–H and O–H groups in total. The van der Waals surface area contributed by atoms with Crippen molar-refractivity contribution in [2.24, 2.45) is 0 Å². The van der Waals surface area contributed by atoms with Crippen LogP contribution < -0.4 is 0 Å². The lowest BCUT2D eigenvalue weighted by molar-refractivity contribution is -0.172. The molecule has 1 atom stereocenters. The van der Waals surface area contributed by atoms with Crippen LogP contribution in [-0.4, -0.2) is 22.1 Å². The van der Waals surface area contributed by atoms with Gasteiger partial charge in [0.1, 0.15) is 5.92 Å². The molecule has 0 fully saturated rings. The second-order valence-electron chi connectivity index (χ2n) is 3.52. The Hall–Kier alpha value is -1.70. The molecule has 2 aromatic heterocycles. The number of halogens is 3. The van der Waals surface area contributed by atoms with Crippen LogP contribution in [0.4, 0.5) is 13.2 Å². The van der Waals surface area contributed by atoms with Crippen molar-refractivity contribution in [3.05, 3.63) is 23.4 Å². The summed E-state index contributed by atoms with van der Waals surface area (Å²) < 4.78 is 41.4. The van der Waals surface area contributed by atoms with Gasteiger partial charge in [-0.15, -0.1) is 11.3 Å². The summed E-state index contributed by atoms with van der Waals surface area (Å²) in [7, 11) is 0. The molecule has 0 amide bonds. The molecule has 2 heterocycles. The first kappa shape index (κ1) is 12.7. The first-order valence-electron chi connectivity index (χ1n) is 4.88. The van der Waals surface area contributed by atoms with Crippen molar-refractivity contribution in [2.75, 3.05) is 0 Å². The molecule has 2 aromatic rings. The zero-order chi connectivity index (χ0) is 13.3. The summed E-state index contributed by atoms with van der Waals surface area (Å²) in [6.45, 7) is 1.08. The van der Waals surface area contributed by atoms with E-state index < -0.39 is 17.9 Å². The van der Waals surface area contributed by atoms with Crippen LogP contribution in [0.25, 0.3) is 10.7 Å². The molecule has 0 saturated heterocycles. The van der Waals surface area contributed by atoms with E-state index in [0.29, 0.717) is 4.88 Å². The largest absolute Gasteiger partial charge is 0.450 e. The van der Waals surface area contributed by atoms with E-state index >= 15 is 0 Å².